The van der Waals surface area contributed by atoms with Crippen LogP contribution in [-0.4, -0.2) is 25.2 Å². The summed E-state index contributed by atoms with van der Waals surface area (Å²) < 4.78 is 10.1. The molecule has 1 fully saturated rings. The van der Waals surface area contributed by atoms with E-state index in [1.807, 2.05) is 6.07 Å². The summed E-state index contributed by atoms with van der Waals surface area (Å²) in [5, 5.41) is 0. The lowest BCUT2D eigenvalue weighted by Gasteiger charge is -2.23. The van der Waals surface area contributed by atoms with E-state index in [1.165, 1.54) is 37.7 Å². The number of benzene rings is 1. The van der Waals surface area contributed by atoms with Crippen molar-refractivity contribution in [2.45, 2.75) is 64.7 Å². The minimum absolute atomic E-state index is 0.202. The maximum atomic E-state index is 11.9. The van der Waals surface area contributed by atoms with Crippen LogP contribution in [0.4, 0.5) is 0 Å². The van der Waals surface area contributed by atoms with E-state index in [9.17, 15) is 9.59 Å². The summed E-state index contributed by atoms with van der Waals surface area (Å²) in [6.45, 7) is 4.33. The Hall–Kier alpha value is -1.84. The lowest BCUT2D eigenvalue weighted by atomic mass is 9.82. The second-order valence-electron chi connectivity index (χ2n) is 6.33. The summed E-state index contributed by atoms with van der Waals surface area (Å²) in [4.78, 5) is 23.7. The summed E-state index contributed by atoms with van der Waals surface area (Å²) in [5.41, 5.74) is 3.03. The van der Waals surface area contributed by atoms with E-state index >= 15 is 0 Å². The molecule has 0 bridgehead atoms. The van der Waals surface area contributed by atoms with Gasteiger partial charge in [-0.1, -0.05) is 37.5 Å². The number of carbonyl (C=O) groups is 2. The van der Waals surface area contributed by atoms with Crippen LogP contribution in [0.3, 0.4) is 0 Å². The van der Waals surface area contributed by atoms with E-state index in [-0.39, 0.29) is 24.8 Å². The van der Waals surface area contributed by atoms with Crippen molar-refractivity contribution in [3.8, 4) is 0 Å². The van der Waals surface area contributed by atoms with E-state index < -0.39 is 0 Å². The van der Waals surface area contributed by atoms with Crippen LogP contribution in [-0.2, 0) is 31.9 Å². The SMILES string of the molecule is CCOC(=O)Cc1ccc(C2CCCCC2)cc1CC(=O)OCC. The van der Waals surface area contributed by atoms with E-state index in [1.54, 1.807) is 13.8 Å². The molecule has 1 aliphatic carbocycles. The number of rotatable bonds is 7. The van der Waals surface area contributed by atoms with Gasteiger partial charge in [-0.25, -0.2) is 0 Å². The van der Waals surface area contributed by atoms with Gasteiger partial charge >= 0.3 is 11.9 Å². The van der Waals surface area contributed by atoms with Crippen molar-refractivity contribution in [3.05, 3.63) is 34.9 Å². The Balaban J connectivity index is 2.20. The highest BCUT2D eigenvalue weighted by Gasteiger charge is 2.19. The molecule has 0 aliphatic heterocycles. The number of carbonyl (C=O) groups excluding carboxylic acids is 2. The zero-order valence-electron chi connectivity index (χ0n) is 14.8. The molecule has 0 amide bonds. The van der Waals surface area contributed by atoms with Crippen molar-refractivity contribution in [2.75, 3.05) is 13.2 Å². The van der Waals surface area contributed by atoms with Crippen molar-refractivity contribution in [1.29, 1.82) is 0 Å². The molecule has 1 aliphatic rings. The maximum absolute atomic E-state index is 11.9. The second kappa shape index (κ2) is 9.45. The van der Waals surface area contributed by atoms with Gasteiger partial charge in [0.15, 0.2) is 0 Å². The smallest absolute Gasteiger partial charge is 0.310 e. The predicted octanol–water partition coefficient (Wildman–Crippen LogP) is 3.95. The molecule has 4 heteroatoms. The van der Waals surface area contributed by atoms with Gasteiger partial charge in [-0.15, -0.1) is 0 Å². The van der Waals surface area contributed by atoms with Crippen molar-refractivity contribution in [2.24, 2.45) is 0 Å². The molecule has 0 spiro atoms. The van der Waals surface area contributed by atoms with Gasteiger partial charge in [-0.3, -0.25) is 9.59 Å². The first-order chi connectivity index (χ1) is 11.6. The van der Waals surface area contributed by atoms with Crippen molar-refractivity contribution >= 4 is 11.9 Å². The van der Waals surface area contributed by atoms with Gasteiger partial charge in [0.25, 0.3) is 0 Å². The molecule has 1 saturated carbocycles. The van der Waals surface area contributed by atoms with E-state index in [4.69, 9.17) is 9.47 Å². The quantitative estimate of drug-likeness (QED) is 0.710. The molecule has 0 aromatic heterocycles. The monoisotopic (exact) mass is 332 g/mol. The summed E-state index contributed by atoms with van der Waals surface area (Å²) >= 11 is 0. The van der Waals surface area contributed by atoms with Gasteiger partial charge in [0.05, 0.1) is 26.1 Å². The molecule has 132 valence electrons. The Labute approximate surface area is 144 Å². The van der Waals surface area contributed by atoms with Crippen LogP contribution in [0.1, 0.15) is 68.6 Å². The fourth-order valence-electron chi connectivity index (χ4n) is 3.41. The first kappa shape index (κ1) is 18.5. The van der Waals surface area contributed by atoms with Crippen LogP contribution in [0.5, 0.6) is 0 Å². The predicted molar refractivity (Wildman–Crippen MR) is 92.9 cm³/mol. The van der Waals surface area contributed by atoms with Gasteiger partial charge in [-0.2, -0.15) is 0 Å². The zero-order valence-corrected chi connectivity index (χ0v) is 14.8. The summed E-state index contributed by atoms with van der Waals surface area (Å²) in [6, 6.07) is 6.19. The van der Waals surface area contributed by atoms with E-state index in [2.05, 4.69) is 12.1 Å². The average Bonchev–Trinajstić information content (AvgIpc) is 2.57. The number of hydrogen-bond donors (Lipinski definition) is 0. The van der Waals surface area contributed by atoms with Crippen LogP contribution in [0, 0.1) is 0 Å². The largest absolute Gasteiger partial charge is 0.466 e. The molecule has 0 radical (unpaired) electrons. The molecule has 1 aromatic carbocycles. The van der Waals surface area contributed by atoms with Crippen molar-refractivity contribution < 1.29 is 19.1 Å². The second-order valence-corrected chi connectivity index (χ2v) is 6.33. The molecular weight excluding hydrogens is 304 g/mol. The zero-order chi connectivity index (χ0) is 17.4. The summed E-state index contributed by atoms with van der Waals surface area (Å²) in [5.74, 6) is 0.0627. The standard InChI is InChI=1S/C20H28O4/c1-3-23-19(21)13-17-11-10-16(15-8-6-5-7-9-15)12-18(17)14-20(22)24-4-2/h10-12,15H,3-9,13-14H2,1-2H3. The molecular formula is C20H28O4. The minimum Gasteiger partial charge on any atom is -0.466 e. The fraction of sp³-hybridized carbons (Fsp3) is 0.600. The van der Waals surface area contributed by atoms with Crippen LogP contribution in [0.25, 0.3) is 0 Å². The summed E-state index contributed by atoms with van der Waals surface area (Å²) in [7, 11) is 0. The Bertz CT molecular complexity index is 559. The molecule has 0 unspecified atom stereocenters. The van der Waals surface area contributed by atoms with Gasteiger partial charge in [0.1, 0.15) is 0 Å². The van der Waals surface area contributed by atoms with Crippen molar-refractivity contribution in [3.63, 3.8) is 0 Å². The van der Waals surface area contributed by atoms with Crippen LogP contribution in [0.2, 0.25) is 0 Å². The minimum atomic E-state index is -0.256. The lowest BCUT2D eigenvalue weighted by molar-refractivity contribution is -0.143. The molecule has 1 aromatic rings. The Morgan fingerprint density at radius 3 is 2.08 bits per heavy atom. The first-order valence-corrected chi connectivity index (χ1v) is 9.07. The molecule has 2 rings (SSSR count). The average molecular weight is 332 g/mol. The lowest BCUT2D eigenvalue weighted by Crippen LogP contribution is -2.14. The van der Waals surface area contributed by atoms with Crippen LogP contribution < -0.4 is 0 Å². The number of hydrogen-bond acceptors (Lipinski definition) is 4. The van der Waals surface area contributed by atoms with Crippen LogP contribution in [0.15, 0.2) is 18.2 Å². The third-order valence-corrected chi connectivity index (χ3v) is 4.59. The Morgan fingerprint density at radius 2 is 1.50 bits per heavy atom. The third-order valence-electron chi connectivity index (χ3n) is 4.59. The fourth-order valence-corrected chi connectivity index (χ4v) is 3.41. The van der Waals surface area contributed by atoms with Crippen molar-refractivity contribution in [1.82, 2.24) is 0 Å². The van der Waals surface area contributed by atoms with Gasteiger partial charge < -0.3 is 9.47 Å². The summed E-state index contributed by atoms with van der Waals surface area (Å²) in [6.07, 6.45) is 6.67. The molecule has 0 heterocycles. The topological polar surface area (TPSA) is 52.6 Å². The van der Waals surface area contributed by atoms with Crippen LogP contribution >= 0.6 is 0 Å². The molecule has 0 saturated heterocycles. The van der Waals surface area contributed by atoms with E-state index in [0.29, 0.717) is 19.1 Å². The van der Waals surface area contributed by atoms with Gasteiger partial charge in [0.2, 0.25) is 0 Å². The first-order valence-electron chi connectivity index (χ1n) is 9.07. The highest BCUT2D eigenvalue weighted by molar-refractivity contribution is 5.76. The Morgan fingerprint density at radius 1 is 0.917 bits per heavy atom. The molecule has 0 atom stereocenters. The third kappa shape index (κ3) is 5.36. The molecule has 4 nitrogen and oxygen atoms in total. The molecule has 0 N–H and O–H groups in total. The number of esters is 2. The van der Waals surface area contributed by atoms with E-state index in [0.717, 1.165) is 11.1 Å². The highest BCUT2D eigenvalue weighted by atomic mass is 16.5. The molecule has 24 heavy (non-hydrogen) atoms. The normalized spacial score (nSPS) is 15.1. The number of ether oxygens (including phenoxy) is 2. The maximum Gasteiger partial charge on any atom is 0.310 e. The Kier molecular flexibility index (Phi) is 7.29. The van der Waals surface area contributed by atoms with Gasteiger partial charge in [-0.05, 0) is 49.3 Å². The highest BCUT2D eigenvalue weighted by Crippen LogP contribution is 2.33. The van der Waals surface area contributed by atoms with Gasteiger partial charge in [0, 0.05) is 0 Å².